The molecular formula is C39H36N6O5S2. The first-order chi connectivity index (χ1) is 25.4. The minimum Gasteiger partial charge on any atom is -0.499 e. The Morgan fingerprint density at radius 2 is 1.88 bits per heavy atom. The number of carbonyl (C=O) groups excluding carboxylic acids is 3. The highest BCUT2D eigenvalue weighted by Crippen LogP contribution is 2.47. The van der Waals surface area contributed by atoms with Crippen LogP contribution < -0.4 is 15.4 Å². The van der Waals surface area contributed by atoms with Crippen LogP contribution >= 0.6 is 23.7 Å². The van der Waals surface area contributed by atoms with Gasteiger partial charge in [-0.15, -0.1) is 0 Å². The van der Waals surface area contributed by atoms with Crippen molar-refractivity contribution in [2.24, 2.45) is 10.9 Å². The summed E-state index contributed by atoms with van der Waals surface area (Å²) in [5.41, 5.74) is 2.22. The average Bonchev–Trinajstić information content (AvgIpc) is 3.77. The molecule has 4 heterocycles. The number of amides is 3. The zero-order valence-corrected chi connectivity index (χ0v) is 29.9. The molecular weight excluding hydrogens is 697 g/mol. The summed E-state index contributed by atoms with van der Waals surface area (Å²) in [7, 11) is 0. The quantitative estimate of drug-likeness (QED) is 0.103. The van der Waals surface area contributed by atoms with Gasteiger partial charge in [-0.25, -0.2) is 0 Å². The summed E-state index contributed by atoms with van der Waals surface area (Å²) in [5, 5.41) is 6.86. The van der Waals surface area contributed by atoms with Gasteiger partial charge in [-0.05, 0) is 86.6 Å². The van der Waals surface area contributed by atoms with E-state index in [2.05, 4.69) is 31.3 Å². The lowest BCUT2D eigenvalue weighted by Crippen LogP contribution is -2.49. The Hall–Kier alpha value is -5.53. The number of carbonyl (C=O) groups is 3. The summed E-state index contributed by atoms with van der Waals surface area (Å²) in [6.45, 7) is 5.63. The van der Waals surface area contributed by atoms with Gasteiger partial charge in [0, 0.05) is 40.7 Å². The van der Waals surface area contributed by atoms with Crippen LogP contribution in [0.3, 0.4) is 0 Å². The minimum atomic E-state index is -0.766. The lowest BCUT2D eigenvalue weighted by atomic mass is 10.1. The van der Waals surface area contributed by atoms with Gasteiger partial charge in [0.2, 0.25) is 11.8 Å². The molecule has 0 saturated carbocycles. The number of benzene rings is 3. The van der Waals surface area contributed by atoms with Gasteiger partial charge in [-0.1, -0.05) is 42.1 Å². The molecule has 52 heavy (non-hydrogen) atoms. The highest BCUT2D eigenvalue weighted by molar-refractivity contribution is 7.99. The molecule has 7 rings (SSSR count). The Morgan fingerprint density at radius 3 is 2.73 bits per heavy atom. The maximum absolute atomic E-state index is 14.0. The summed E-state index contributed by atoms with van der Waals surface area (Å²) in [5.74, 6) is 0.104. The van der Waals surface area contributed by atoms with Crippen molar-refractivity contribution in [1.29, 1.82) is 0 Å². The van der Waals surface area contributed by atoms with Gasteiger partial charge >= 0.3 is 0 Å². The molecule has 2 aliphatic rings. The molecule has 11 nitrogen and oxygen atoms in total. The molecule has 264 valence electrons. The van der Waals surface area contributed by atoms with Crippen molar-refractivity contribution in [3.8, 4) is 11.5 Å². The third kappa shape index (κ3) is 7.70. The van der Waals surface area contributed by atoms with Crippen molar-refractivity contribution >= 4 is 59.1 Å². The fourth-order valence-corrected chi connectivity index (χ4v) is 8.30. The average molecular weight is 733 g/mol. The fourth-order valence-electron chi connectivity index (χ4n) is 6.30. The summed E-state index contributed by atoms with van der Waals surface area (Å²) in [4.78, 5) is 53.4. The largest absolute Gasteiger partial charge is 0.499 e. The zero-order chi connectivity index (χ0) is 36.0. The molecule has 3 amide bonds. The molecule has 0 radical (unpaired) electrons. The first kappa shape index (κ1) is 34.9. The molecule has 2 N–H and O–H groups in total. The second kappa shape index (κ2) is 15.8. The van der Waals surface area contributed by atoms with Crippen LogP contribution in [0.4, 0.5) is 0 Å². The molecule has 13 heteroatoms. The molecule has 0 aliphatic carbocycles. The second-order valence-electron chi connectivity index (χ2n) is 12.4. The number of nitrogens with one attached hydrogen (secondary N) is 2. The molecule has 0 spiro atoms. The Labute approximate surface area is 309 Å². The molecule has 2 unspecified atom stereocenters. The maximum Gasteiger partial charge on any atom is 0.251 e. The molecule has 5 aromatic rings. The number of likely N-dealkylation sites (tertiary alicyclic amines) is 1. The van der Waals surface area contributed by atoms with Crippen LogP contribution in [0.5, 0.6) is 11.5 Å². The minimum absolute atomic E-state index is 0.121. The lowest BCUT2D eigenvalue weighted by molar-refractivity contribution is -0.138. The smallest absolute Gasteiger partial charge is 0.251 e. The van der Waals surface area contributed by atoms with Gasteiger partial charge < -0.3 is 25.0 Å². The van der Waals surface area contributed by atoms with Gasteiger partial charge in [0.1, 0.15) is 23.8 Å². The summed E-state index contributed by atoms with van der Waals surface area (Å²) >= 11 is 3.13. The van der Waals surface area contributed by atoms with Crippen LogP contribution in [0.15, 0.2) is 129 Å². The topological polar surface area (TPSA) is 127 Å². The Balaban J connectivity index is 1.05. The fraction of sp³-hybridized carbons (Fsp3) is 0.205. The van der Waals surface area contributed by atoms with Crippen LogP contribution in [-0.4, -0.2) is 64.0 Å². The Bertz CT molecular complexity index is 2160. The van der Waals surface area contributed by atoms with E-state index in [9.17, 15) is 14.4 Å². The van der Waals surface area contributed by atoms with E-state index in [1.807, 2.05) is 79.7 Å². The standard InChI is InChI=1S/C39H36N6O5S2/c1-25(31-19-28-21-41-15-14-30(28)45(31)52-29-8-4-3-5-9-29)43-39(48)32-18-26(24-49-17-16-40-2)23-44(32)37(46)22-42-38(47)27-12-13-36-34(20-27)50-33-10-6-7-11-35(33)51-36/h3-17,19-21,25-26,32H,2,18,22-24H2,1H3,(H,42,47)(H,43,48)/b17-16-/t25-,26?,32?/m1/s1. The normalized spacial score (nSPS) is 16.8. The second-order valence-corrected chi connectivity index (χ2v) is 14.5. The first-order valence-electron chi connectivity index (χ1n) is 16.8. The van der Waals surface area contributed by atoms with Crippen molar-refractivity contribution in [1.82, 2.24) is 24.5 Å². The molecule has 0 bridgehead atoms. The van der Waals surface area contributed by atoms with Crippen molar-refractivity contribution in [3.05, 3.63) is 121 Å². The van der Waals surface area contributed by atoms with Crippen molar-refractivity contribution in [2.75, 3.05) is 19.7 Å². The van der Waals surface area contributed by atoms with Crippen molar-refractivity contribution in [3.63, 3.8) is 0 Å². The summed E-state index contributed by atoms with van der Waals surface area (Å²) in [6, 6.07) is 25.7. The van der Waals surface area contributed by atoms with E-state index < -0.39 is 18.0 Å². The third-order valence-electron chi connectivity index (χ3n) is 8.83. The Morgan fingerprint density at radius 1 is 1.08 bits per heavy atom. The van der Waals surface area contributed by atoms with E-state index in [4.69, 9.17) is 9.47 Å². The molecule has 3 atom stereocenters. The molecule has 2 aromatic heterocycles. The highest BCUT2D eigenvalue weighted by atomic mass is 32.2. The number of rotatable bonds is 12. The van der Waals surface area contributed by atoms with Gasteiger partial charge in [0.25, 0.3) is 5.91 Å². The van der Waals surface area contributed by atoms with E-state index in [1.165, 1.54) is 17.4 Å². The Kier molecular flexibility index (Phi) is 10.6. The van der Waals surface area contributed by atoms with E-state index in [0.717, 1.165) is 37.0 Å². The highest BCUT2D eigenvalue weighted by Gasteiger charge is 2.40. The zero-order valence-electron chi connectivity index (χ0n) is 28.3. The van der Waals surface area contributed by atoms with Gasteiger partial charge in [0.05, 0.1) is 46.4 Å². The van der Waals surface area contributed by atoms with Crippen LogP contribution in [0.1, 0.15) is 35.4 Å². The van der Waals surface area contributed by atoms with Gasteiger partial charge in [0.15, 0.2) is 0 Å². The number of para-hydroxylation sites is 1. The third-order valence-corrected chi connectivity index (χ3v) is 11.0. The number of aliphatic imine (C=N–C) groups is 1. The van der Waals surface area contributed by atoms with E-state index in [-0.39, 0.29) is 37.4 Å². The number of pyridine rings is 1. The number of aromatic nitrogens is 2. The molecule has 2 aliphatic heterocycles. The van der Waals surface area contributed by atoms with Gasteiger partial charge in [-0.3, -0.25) is 28.3 Å². The predicted octanol–water partition coefficient (Wildman–Crippen LogP) is 6.86. The predicted molar refractivity (Wildman–Crippen MR) is 202 cm³/mol. The van der Waals surface area contributed by atoms with Crippen LogP contribution in [0, 0.1) is 5.92 Å². The van der Waals surface area contributed by atoms with E-state index in [0.29, 0.717) is 17.7 Å². The molecule has 1 fully saturated rings. The van der Waals surface area contributed by atoms with Crippen molar-refractivity contribution < 1.29 is 23.9 Å². The number of nitrogens with zero attached hydrogens (tertiary/aromatic N) is 4. The van der Waals surface area contributed by atoms with Crippen molar-refractivity contribution in [2.45, 2.75) is 40.1 Å². The SMILES string of the molecule is C=N/C=C\OCC1CC(C(=O)N[C@H](C)c2cc3cnccc3n2Sc2ccccc2)N(C(=O)CNC(=O)c2ccc3c(c2)Oc2ccccc2S3)C1. The van der Waals surface area contributed by atoms with E-state index >= 15 is 0 Å². The van der Waals surface area contributed by atoms with Crippen LogP contribution in [0.2, 0.25) is 0 Å². The first-order valence-corrected chi connectivity index (χ1v) is 18.3. The molecule has 3 aromatic carbocycles. The number of hydrogen-bond acceptors (Lipinski definition) is 9. The summed E-state index contributed by atoms with van der Waals surface area (Å²) in [6.07, 6.45) is 6.81. The number of fused-ring (bicyclic) bond motifs is 3. The van der Waals surface area contributed by atoms with Crippen LogP contribution in [0.25, 0.3) is 10.9 Å². The number of ether oxygens (including phenoxy) is 2. The van der Waals surface area contributed by atoms with Gasteiger partial charge in [-0.2, -0.15) is 0 Å². The lowest BCUT2D eigenvalue weighted by Gasteiger charge is -2.26. The van der Waals surface area contributed by atoms with E-state index in [1.54, 1.807) is 48.2 Å². The molecule has 1 saturated heterocycles. The number of hydrogen-bond donors (Lipinski definition) is 2. The maximum atomic E-state index is 14.0. The summed E-state index contributed by atoms with van der Waals surface area (Å²) < 4.78 is 13.8. The monoisotopic (exact) mass is 732 g/mol. The van der Waals surface area contributed by atoms with Crippen LogP contribution in [-0.2, 0) is 14.3 Å².